The molecule has 0 spiro atoms. The topological polar surface area (TPSA) is 9.23 Å². The summed E-state index contributed by atoms with van der Waals surface area (Å²) in [5, 5.41) is 0. The number of fused-ring (bicyclic) bond motifs is 1. The zero-order valence-electron chi connectivity index (χ0n) is 9.05. The van der Waals surface area contributed by atoms with E-state index in [1.807, 2.05) is 6.07 Å². The van der Waals surface area contributed by atoms with Gasteiger partial charge in [0.15, 0.2) is 0 Å². The number of benzene rings is 1. The molecule has 2 rings (SSSR count). The van der Waals surface area contributed by atoms with Gasteiger partial charge < -0.3 is 4.74 Å². The van der Waals surface area contributed by atoms with Crippen molar-refractivity contribution in [1.82, 2.24) is 0 Å². The third kappa shape index (κ3) is 1.33. The zero-order chi connectivity index (χ0) is 10.1. The van der Waals surface area contributed by atoms with Gasteiger partial charge in [-0.25, -0.2) is 0 Å². The van der Waals surface area contributed by atoms with Crippen LogP contribution >= 0.6 is 0 Å². The number of rotatable bonds is 2. The van der Waals surface area contributed by atoms with Crippen molar-refractivity contribution in [2.45, 2.75) is 26.7 Å². The molecule has 1 heteroatoms. The maximum absolute atomic E-state index is 5.23. The Balaban J connectivity index is 2.46. The van der Waals surface area contributed by atoms with Gasteiger partial charge in [0, 0.05) is 0 Å². The van der Waals surface area contributed by atoms with E-state index in [0.717, 1.165) is 18.6 Å². The highest BCUT2D eigenvalue weighted by Crippen LogP contribution is 2.35. The molecule has 1 aliphatic carbocycles. The van der Waals surface area contributed by atoms with E-state index < -0.39 is 0 Å². The Bertz CT molecular complexity index is 388. The second-order valence-corrected chi connectivity index (χ2v) is 3.78. The van der Waals surface area contributed by atoms with Crippen molar-refractivity contribution in [3.05, 3.63) is 34.9 Å². The quantitative estimate of drug-likeness (QED) is 0.690. The molecule has 0 fully saturated rings. The monoisotopic (exact) mass is 188 g/mol. The molecule has 0 aromatic heterocycles. The first-order valence-electron chi connectivity index (χ1n) is 5.12. The van der Waals surface area contributed by atoms with E-state index in [-0.39, 0.29) is 0 Å². The molecular formula is C13H16O. The minimum atomic E-state index is 0.959. The van der Waals surface area contributed by atoms with Gasteiger partial charge in [-0.15, -0.1) is 0 Å². The van der Waals surface area contributed by atoms with Crippen LogP contribution in [0.5, 0.6) is 5.75 Å². The van der Waals surface area contributed by atoms with Gasteiger partial charge in [-0.05, 0) is 48.6 Å². The second-order valence-electron chi connectivity index (χ2n) is 3.78. The summed E-state index contributed by atoms with van der Waals surface area (Å²) >= 11 is 0. The van der Waals surface area contributed by atoms with Crippen LogP contribution < -0.4 is 4.74 Å². The molecule has 0 amide bonds. The van der Waals surface area contributed by atoms with Crippen molar-refractivity contribution in [3.8, 4) is 5.75 Å². The summed E-state index contributed by atoms with van der Waals surface area (Å²) < 4.78 is 5.23. The largest absolute Gasteiger partial charge is 0.497 e. The van der Waals surface area contributed by atoms with Gasteiger partial charge in [0.2, 0.25) is 0 Å². The SMILES string of the molecule is CCC1=C(C)c2cc(OC)ccc2C1. The van der Waals surface area contributed by atoms with Gasteiger partial charge in [0.05, 0.1) is 7.11 Å². The Morgan fingerprint density at radius 2 is 2.14 bits per heavy atom. The molecule has 1 aromatic rings. The fraction of sp³-hybridized carbons (Fsp3) is 0.385. The molecule has 0 saturated carbocycles. The molecule has 0 saturated heterocycles. The molecule has 0 heterocycles. The van der Waals surface area contributed by atoms with Crippen molar-refractivity contribution < 1.29 is 4.74 Å². The average molecular weight is 188 g/mol. The number of hydrogen-bond donors (Lipinski definition) is 0. The van der Waals surface area contributed by atoms with Crippen molar-refractivity contribution in [2.24, 2.45) is 0 Å². The van der Waals surface area contributed by atoms with Crippen LogP contribution in [0.15, 0.2) is 23.8 Å². The molecule has 1 aliphatic rings. The maximum atomic E-state index is 5.23. The molecule has 1 aromatic carbocycles. The number of methoxy groups -OCH3 is 1. The van der Waals surface area contributed by atoms with Crippen LogP contribution in [0, 0.1) is 0 Å². The summed E-state index contributed by atoms with van der Waals surface area (Å²) in [7, 11) is 1.72. The van der Waals surface area contributed by atoms with E-state index in [0.29, 0.717) is 0 Å². The Morgan fingerprint density at radius 3 is 2.79 bits per heavy atom. The summed E-state index contributed by atoms with van der Waals surface area (Å²) in [5.74, 6) is 0.959. The van der Waals surface area contributed by atoms with Gasteiger partial charge >= 0.3 is 0 Å². The molecule has 14 heavy (non-hydrogen) atoms. The lowest BCUT2D eigenvalue weighted by atomic mass is 10.1. The Morgan fingerprint density at radius 1 is 1.36 bits per heavy atom. The van der Waals surface area contributed by atoms with E-state index in [9.17, 15) is 0 Å². The lowest BCUT2D eigenvalue weighted by molar-refractivity contribution is 0.414. The Hall–Kier alpha value is -1.24. The van der Waals surface area contributed by atoms with Gasteiger partial charge in [0.25, 0.3) is 0 Å². The first kappa shape index (κ1) is 9.32. The normalized spacial score (nSPS) is 14.5. The molecule has 74 valence electrons. The predicted octanol–water partition coefficient (Wildman–Crippen LogP) is 3.43. The first-order valence-corrected chi connectivity index (χ1v) is 5.12. The van der Waals surface area contributed by atoms with Crippen molar-refractivity contribution in [2.75, 3.05) is 7.11 Å². The Labute approximate surface area is 85.4 Å². The average Bonchev–Trinajstić information content (AvgIpc) is 2.55. The number of hydrogen-bond acceptors (Lipinski definition) is 1. The predicted molar refractivity (Wildman–Crippen MR) is 59.6 cm³/mol. The second kappa shape index (κ2) is 3.49. The fourth-order valence-electron chi connectivity index (χ4n) is 2.13. The van der Waals surface area contributed by atoms with Crippen LogP contribution in [0.2, 0.25) is 0 Å². The number of ether oxygens (including phenoxy) is 1. The highest BCUT2D eigenvalue weighted by atomic mass is 16.5. The van der Waals surface area contributed by atoms with Crippen LogP contribution in [0.25, 0.3) is 5.57 Å². The van der Waals surface area contributed by atoms with Gasteiger partial charge in [0.1, 0.15) is 5.75 Å². The minimum Gasteiger partial charge on any atom is -0.497 e. The molecule has 0 bridgehead atoms. The van der Waals surface area contributed by atoms with E-state index in [1.165, 1.54) is 16.7 Å². The molecule has 0 atom stereocenters. The van der Waals surface area contributed by atoms with Gasteiger partial charge in [-0.2, -0.15) is 0 Å². The summed E-state index contributed by atoms with van der Waals surface area (Å²) in [6.45, 7) is 4.44. The van der Waals surface area contributed by atoms with Gasteiger partial charge in [-0.1, -0.05) is 18.6 Å². The van der Waals surface area contributed by atoms with Crippen molar-refractivity contribution in [1.29, 1.82) is 0 Å². The number of allylic oxidation sites excluding steroid dienone is 2. The van der Waals surface area contributed by atoms with Crippen molar-refractivity contribution in [3.63, 3.8) is 0 Å². The fourth-order valence-corrected chi connectivity index (χ4v) is 2.13. The lowest BCUT2D eigenvalue weighted by Crippen LogP contribution is -1.87. The van der Waals surface area contributed by atoms with Crippen LogP contribution in [-0.4, -0.2) is 7.11 Å². The van der Waals surface area contributed by atoms with Crippen LogP contribution in [-0.2, 0) is 6.42 Å². The lowest BCUT2D eigenvalue weighted by Gasteiger charge is -2.04. The van der Waals surface area contributed by atoms with Crippen LogP contribution in [0.4, 0.5) is 0 Å². The van der Waals surface area contributed by atoms with Crippen LogP contribution in [0.1, 0.15) is 31.4 Å². The summed E-state index contributed by atoms with van der Waals surface area (Å²) in [6, 6.07) is 6.37. The molecule has 0 aliphatic heterocycles. The third-order valence-electron chi connectivity index (χ3n) is 3.08. The minimum absolute atomic E-state index is 0.959. The molecule has 1 nitrogen and oxygen atoms in total. The van der Waals surface area contributed by atoms with E-state index >= 15 is 0 Å². The summed E-state index contributed by atoms with van der Waals surface area (Å²) in [6.07, 6.45) is 2.28. The smallest absolute Gasteiger partial charge is 0.119 e. The third-order valence-corrected chi connectivity index (χ3v) is 3.08. The maximum Gasteiger partial charge on any atom is 0.119 e. The molecular weight excluding hydrogens is 172 g/mol. The zero-order valence-corrected chi connectivity index (χ0v) is 9.05. The molecule has 0 radical (unpaired) electrons. The highest BCUT2D eigenvalue weighted by molar-refractivity contribution is 5.75. The highest BCUT2D eigenvalue weighted by Gasteiger charge is 2.17. The standard InChI is InChI=1S/C13H16O/c1-4-10-7-11-5-6-12(14-3)8-13(11)9(10)2/h5-6,8H,4,7H2,1-3H3. The molecule has 0 N–H and O–H groups in total. The van der Waals surface area contributed by atoms with E-state index in [1.54, 1.807) is 12.7 Å². The summed E-state index contributed by atoms with van der Waals surface area (Å²) in [5.41, 5.74) is 5.83. The van der Waals surface area contributed by atoms with E-state index in [4.69, 9.17) is 4.74 Å². The molecule has 0 unspecified atom stereocenters. The van der Waals surface area contributed by atoms with Crippen LogP contribution in [0.3, 0.4) is 0 Å². The van der Waals surface area contributed by atoms with Crippen molar-refractivity contribution >= 4 is 5.57 Å². The van der Waals surface area contributed by atoms with E-state index in [2.05, 4.69) is 26.0 Å². The first-order chi connectivity index (χ1) is 6.76. The Kier molecular flexibility index (Phi) is 2.32. The van der Waals surface area contributed by atoms with Gasteiger partial charge in [-0.3, -0.25) is 0 Å². The summed E-state index contributed by atoms with van der Waals surface area (Å²) in [4.78, 5) is 0.